The summed E-state index contributed by atoms with van der Waals surface area (Å²) in [4.78, 5) is 33.8. The fourth-order valence-corrected chi connectivity index (χ4v) is 3.37. The predicted octanol–water partition coefficient (Wildman–Crippen LogP) is 1.03. The van der Waals surface area contributed by atoms with E-state index < -0.39 is 0 Å². The molecule has 1 aliphatic heterocycles. The van der Waals surface area contributed by atoms with Gasteiger partial charge in [-0.3, -0.25) is 14.2 Å². The highest BCUT2D eigenvalue weighted by Crippen LogP contribution is 2.13. The van der Waals surface area contributed by atoms with Gasteiger partial charge in [0.05, 0.1) is 10.9 Å². The number of carbonyl (C=O) groups excluding carboxylic acids is 1. The Kier molecular flexibility index (Phi) is 3.83. The van der Waals surface area contributed by atoms with E-state index in [-0.39, 0.29) is 24.1 Å². The molecule has 1 N–H and O–H groups in total. The average molecular weight is 337 g/mol. The van der Waals surface area contributed by atoms with Crippen LogP contribution in [0.1, 0.15) is 18.1 Å². The van der Waals surface area contributed by atoms with Crippen molar-refractivity contribution >= 4 is 16.8 Å². The van der Waals surface area contributed by atoms with Crippen LogP contribution in [0.25, 0.3) is 10.9 Å². The Bertz CT molecular complexity index is 1000. The van der Waals surface area contributed by atoms with E-state index in [1.165, 1.54) is 4.57 Å². The minimum Gasteiger partial charge on any atom is -0.350 e. The number of nitrogens with one attached hydrogen (secondary N) is 1. The van der Waals surface area contributed by atoms with Crippen LogP contribution in [0, 0.1) is 6.92 Å². The summed E-state index contributed by atoms with van der Waals surface area (Å²) in [6.07, 6.45) is 5.40. The van der Waals surface area contributed by atoms with E-state index in [1.54, 1.807) is 31.3 Å². The van der Waals surface area contributed by atoms with Gasteiger partial charge in [0.25, 0.3) is 5.56 Å². The first-order valence-corrected chi connectivity index (χ1v) is 8.37. The van der Waals surface area contributed by atoms with Crippen LogP contribution in [-0.2, 0) is 24.3 Å². The summed E-state index contributed by atoms with van der Waals surface area (Å²) in [6.45, 7) is 2.44. The van der Waals surface area contributed by atoms with E-state index in [9.17, 15) is 9.59 Å². The van der Waals surface area contributed by atoms with Crippen molar-refractivity contribution in [2.45, 2.75) is 38.9 Å². The van der Waals surface area contributed by atoms with Crippen LogP contribution in [0.4, 0.5) is 0 Å². The van der Waals surface area contributed by atoms with Crippen molar-refractivity contribution in [3.63, 3.8) is 0 Å². The van der Waals surface area contributed by atoms with Crippen molar-refractivity contribution in [2.24, 2.45) is 0 Å². The van der Waals surface area contributed by atoms with Crippen molar-refractivity contribution in [3.05, 3.63) is 58.7 Å². The maximum atomic E-state index is 12.6. The monoisotopic (exact) mass is 337 g/mol. The molecule has 7 heteroatoms. The van der Waals surface area contributed by atoms with Crippen LogP contribution in [0.3, 0.4) is 0 Å². The molecule has 7 nitrogen and oxygen atoms in total. The Hall–Kier alpha value is -2.96. The Morgan fingerprint density at radius 2 is 2.20 bits per heavy atom. The summed E-state index contributed by atoms with van der Waals surface area (Å²) in [5.74, 6) is 1.42. The number of hydrogen-bond acceptors (Lipinski definition) is 4. The first kappa shape index (κ1) is 15.6. The zero-order valence-electron chi connectivity index (χ0n) is 14.0. The zero-order valence-corrected chi connectivity index (χ0v) is 14.0. The lowest BCUT2D eigenvalue weighted by molar-refractivity contribution is -0.122. The van der Waals surface area contributed by atoms with Crippen LogP contribution in [0.2, 0.25) is 0 Å². The molecule has 0 aliphatic carbocycles. The molecule has 0 saturated heterocycles. The topological polar surface area (TPSA) is 81.8 Å². The summed E-state index contributed by atoms with van der Waals surface area (Å²) in [6, 6.07) is 7.24. The Balaban J connectivity index is 1.52. The van der Waals surface area contributed by atoms with Gasteiger partial charge in [-0.1, -0.05) is 12.1 Å². The lowest BCUT2D eigenvalue weighted by atomic mass is 10.1. The van der Waals surface area contributed by atoms with E-state index in [0.29, 0.717) is 23.3 Å². The number of amides is 1. The molecule has 0 spiro atoms. The fourth-order valence-electron chi connectivity index (χ4n) is 3.37. The quantitative estimate of drug-likeness (QED) is 0.774. The second kappa shape index (κ2) is 6.16. The molecule has 1 amide bonds. The van der Waals surface area contributed by atoms with Gasteiger partial charge in [-0.2, -0.15) is 0 Å². The number of nitrogens with zero attached hydrogens (tertiary/aromatic N) is 4. The second-order valence-electron chi connectivity index (χ2n) is 6.37. The van der Waals surface area contributed by atoms with Gasteiger partial charge in [0.15, 0.2) is 0 Å². The summed E-state index contributed by atoms with van der Waals surface area (Å²) < 4.78 is 3.49. The van der Waals surface area contributed by atoms with Crippen molar-refractivity contribution in [3.8, 4) is 0 Å². The zero-order chi connectivity index (χ0) is 17.4. The third kappa shape index (κ3) is 2.93. The summed E-state index contributed by atoms with van der Waals surface area (Å²) in [5, 5.41) is 3.55. The molecule has 2 aromatic heterocycles. The minimum atomic E-state index is -0.182. The molecule has 128 valence electrons. The van der Waals surface area contributed by atoms with E-state index in [4.69, 9.17) is 0 Å². The van der Waals surface area contributed by atoms with Gasteiger partial charge in [0.2, 0.25) is 5.91 Å². The SMILES string of the molecule is Cc1nc2ccccc2c(=O)n1CC(=O)N[C@@H]1CCc2nccn2C1. The van der Waals surface area contributed by atoms with Gasteiger partial charge in [0, 0.05) is 31.4 Å². The van der Waals surface area contributed by atoms with E-state index >= 15 is 0 Å². The number of aromatic nitrogens is 4. The first-order chi connectivity index (χ1) is 12.1. The molecule has 4 rings (SSSR count). The van der Waals surface area contributed by atoms with Crippen molar-refractivity contribution in [1.29, 1.82) is 0 Å². The molecule has 0 fully saturated rings. The number of rotatable bonds is 3. The van der Waals surface area contributed by atoms with E-state index in [0.717, 1.165) is 18.7 Å². The normalized spacial score (nSPS) is 16.6. The molecule has 0 radical (unpaired) electrons. The molecule has 1 atom stereocenters. The average Bonchev–Trinajstić information content (AvgIpc) is 3.06. The van der Waals surface area contributed by atoms with Gasteiger partial charge in [0.1, 0.15) is 18.2 Å². The predicted molar refractivity (Wildman–Crippen MR) is 93.2 cm³/mol. The number of fused-ring (bicyclic) bond motifs is 2. The molecule has 3 aromatic rings. The molecule has 1 aromatic carbocycles. The fraction of sp³-hybridized carbons (Fsp3) is 0.333. The molecule has 1 aliphatic rings. The Labute approximate surface area is 144 Å². The highest BCUT2D eigenvalue weighted by molar-refractivity contribution is 5.79. The van der Waals surface area contributed by atoms with E-state index in [1.807, 2.05) is 12.3 Å². The summed E-state index contributed by atoms with van der Waals surface area (Å²) in [7, 11) is 0. The van der Waals surface area contributed by atoms with Crippen LogP contribution < -0.4 is 10.9 Å². The molecular weight excluding hydrogens is 318 g/mol. The lowest BCUT2D eigenvalue weighted by Crippen LogP contribution is -2.43. The lowest BCUT2D eigenvalue weighted by Gasteiger charge is -2.25. The van der Waals surface area contributed by atoms with Gasteiger partial charge in [-0.05, 0) is 25.5 Å². The summed E-state index contributed by atoms with van der Waals surface area (Å²) >= 11 is 0. The number of para-hydroxylation sites is 1. The third-order valence-electron chi connectivity index (χ3n) is 4.65. The molecule has 0 saturated carbocycles. The van der Waals surface area contributed by atoms with Gasteiger partial charge >= 0.3 is 0 Å². The molecule has 0 bridgehead atoms. The van der Waals surface area contributed by atoms with Crippen molar-refractivity contribution in [1.82, 2.24) is 24.4 Å². The highest BCUT2D eigenvalue weighted by atomic mass is 16.2. The molecule has 25 heavy (non-hydrogen) atoms. The minimum absolute atomic E-state index is 0.0181. The van der Waals surface area contributed by atoms with Crippen LogP contribution in [-0.4, -0.2) is 31.1 Å². The number of hydrogen-bond donors (Lipinski definition) is 1. The largest absolute Gasteiger partial charge is 0.350 e. The highest BCUT2D eigenvalue weighted by Gasteiger charge is 2.21. The van der Waals surface area contributed by atoms with Crippen LogP contribution in [0.15, 0.2) is 41.5 Å². The van der Waals surface area contributed by atoms with Gasteiger partial charge in [-0.15, -0.1) is 0 Å². The maximum absolute atomic E-state index is 12.6. The first-order valence-electron chi connectivity index (χ1n) is 8.37. The number of imidazole rings is 1. The molecule has 0 unspecified atom stereocenters. The number of carbonyl (C=O) groups is 1. The van der Waals surface area contributed by atoms with Crippen molar-refractivity contribution < 1.29 is 4.79 Å². The van der Waals surface area contributed by atoms with Crippen LogP contribution in [0.5, 0.6) is 0 Å². The third-order valence-corrected chi connectivity index (χ3v) is 4.65. The van der Waals surface area contributed by atoms with Gasteiger partial charge in [-0.25, -0.2) is 9.97 Å². The smallest absolute Gasteiger partial charge is 0.261 e. The standard InChI is InChI=1S/C18H19N5O2/c1-12-20-15-5-3-2-4-14(15)18(25)23(12)11-17(24)21-13-6-7-16-19-8-9-22(16)10-13/h2-5,8-9,13H,6-7,10-11H2,1H3,(H,21,24)/t13-/m1/s1. The Morgan fingerprint density at radius 3 is 3.08 bits per heavy atom. The van der Waals surface area contributed by atoms with Crippen LogP contribution >= 0.6 is 0 Å². The van der Waals surface area contributed by atoms with E-state index in [2.05, 4.69) is 19.9 Å². The summed E-state index contributed by atoms with van der Waals surface area (Å²) in [5.41, 5.74) is 0.473. The maximum Gasteiger partial charge on any atom is 0.261 e. The molecule has 3 heterocycles. The van der Waals surface area contributed by atoms with Crippen molar-refractivity contribution in [2.75, 3.05) is 0 Å². The second-order valence-corrected chi connectivity index (χ2v) is 6.37. The Morgan fingerprint density at radius 1 is 1.36 bits per heavy atom. The number of aryl methyl sites for hydroxylation is 2. The molecular formula is C18H19N5O2. The van der Waals surface area contributed by atoms with Gasteiger partial charge < -0.3 is 9.88 Å². The number of benzene rings is 1.